The Labute approximate surface area is 69.2 Å². The van der Waals surface area contributed by atoms with E-state index in [9.17, 15) is 4.39 Å². The Morgan fingerprint density at radius 3 is 1.73 bits per heavy atom. The summed E-state index contributed by atoms with van der Waals surface area (Å²) in [6, 6.07) is 0. The van der Waals surface area contributed by atoms with Gasteiger partial charge in [0.15, 0.2) is 0 Å². The summed E-state index contributed by atoms with van der Waals surface area (Å²) >= 11 is 0. The molecule has 0 amide bonds. The number of hydrogen-bond acceptors (Lipinski definition) is 1. The summed E-state index contributed by atoms with van der Waals surface area (Å²) in [5.41, 5.74) is 3.91. The molecule has 0 spiro atoms. The maximum atomic E-state index is 13.9. The quantitative estimate of drug-likeness (QED) is 0.661. The third-order valence-corrected chi connectivity index (χ3v) is 2.75. The molecule has 0 aromatic heterocycles. The van der Waals surface area contributed by atoms with Crippen LogP contribution < -0.4 is 5.73 Å². The van der Waals surface area contributed by atoms with E-state index in [-0.39, 0.29) is 11.3 Å². The van der Waals surface area contributed by atoms with Gasteiger partial charge in [-0.25, -0.2) is 4.39 Å². The molecule has 0 radical (unpaired) electrons. The molecule has 1 nitrogen and oxygen atoms in total. The van der Waals surface area contributed by atoms with E-state index in [4.69, 9.17) is 5.73 Å². The molecule has 11 heavy (non-hydrogen) atoms. The molecule has 2 atom stereocenters. The first-order valence-corrected chi connectivity index (χ1v) is 4.12. The highest BCUT2D eigenvalue weighted by Gasteiger charge is 2.41. The Morgan fingerprint density at radius 2 is 1.64 bits per heavy atom. The molecule has 2 unspecified atom stereocenters. The molecule has 0 bridgehead atoms. The average molecular weight is 161 g/mol. The van der Waals surface area contributed by atoms with Gasteiger partial charge in [-0.3, -0.25) is 0 Å². The Balaban J connectivity index is 4.45. The molecule has 2 N–H and O–H groups in total. The molecular formula is C9H20FN. The number of hydrogen-bond donors (Lipinski definition) is 1. The van der Waals surface area contributed by atoms with Gasteiger partial charge < -0.3 is 5.73 Å². The molecule has 0 fully saturated rings. The van der Waals surface area contributed by atoms with Crippen LogP contribution in [0.15, 0.2) is 0 Å². The molecule has 0 heterocycles. The van der Waals surface area contributed by atoms with Crippen molar-refractivity contribution in [3.63, 3.8) is 0 Å². The van der Waals surface area contributed by atoms with Gasteiger partial charge in [0.05, 0.1) is 0 Å². The van der Waals surface area contributed by atoms with E-state index in [0.29, 0.717) is 6.54 Å². The zero-order valence-corrected chi connectivity index (χ0v) is 8.24. The van der Waals surface area contributed by atoms with Gasteiger partial charge >= 0.3 is 0 Å². The molecular weight excluding hydrogens is 141 g/mol. The first-order chi connectivity index (χ1) is 4.73. The van der Waals surface area contributed by atoms with Crippen molar-refractivity contribution >= 4 is 0 Å². The zero-order valence-electron chi connectivity index (χ0n) is 8.24. The fourth-order valence-electron chi connectivity index (χ4n) is 0.961. The fraction of sp³-hybridized carbons (Fsp3) is 1.00. The van der Waals surface area contributed by atoms with Crippen LogP contribution in [0, 0.1) is 11.3 Å². The molecule has 0 saturated carbocycles. The van der Waals surface area contributed by atoms with Crippen LogP contribution in [0.25, 0.3) is 0 Å². The molecule has 0 saturated heterocycles. The lowest BCUT2D eigenvalue weighted by Crippen LogP contribution is -2.44. The highest BCUT2D eigenvalue weighted by atomic mass is 19.1. The Bertz CT molecular complexity index is 124. The molecule has 68 valence electrons. The van der Waals surface area contributed by atoms with Crippen LogP contribution in [-0.2, 0) is 0 Å². The Hall–Kier alpha value is -0.110. The molecule has 0 aromatic carbocycles. The Morgan fingerprint density at radius 1 is 1.27 bits per heavy atom. The monoisotopic (exact) mass is 161 g/mol. The van der Waals surface area contributed by atoms with Crippen molar-refractivity contribution in [2.45, 2.75) is 40.3 Å². The van der Waals surface area contributed by atoms with Crippen molar-refractivity contribution in [3.05, 3.63) is 0 Å². The van der Waals surface area contributed by atoms with Gasteiger partial charge in [-0.2, -0.15) is 0 Å². The van der Waals surface area contributed by atoms with Crippen molar-refractivity contribution in [3.8, 4) is 0 Å². The predicted octanol–water partition coefficient (Wildman–Crippen LogP) is 2.36. The maximum Gasteiger partial charge on any atom is 0.116 e. The minimum atomic E-state index is -1.18. The summed E-state index contributed by atoms with van der Waals surface area (Å²) in [7, 11) is 0. The molecule has 0 rings (SSSR count). The van der Waals surface area contributed by atoms with Crippen LogP contribution in [0.4, 0.5) is 4.39 Å². The van der Waals surface area contributed by atoms with E-state index in [0.717, 1.165) is 0 Å². The highest BCUT2D eigenvalue weighted by molar-refractivity contribution is 4.91. The third kappa shape index (κ3) is 2.16. The van der Waals surface area contributed by atoms with Gasteiger partial charge in [0.1, 0.15) is 5.67 Å². The van der Waals surface area contributed by atoms with Crippen LogP contribution in [0.3, 0.4) is 0 Å². The van der Waals surface area contributed by atoms with Gasteiger partial charge in [0, 0.05) is 5.92 Å². The summed E-state index contributed by atoms with van der Waals surface area (Å²) in [6.07, 6.45) is 0. The lowest BCUT2D eigenvalue weighted by atomic mass is 9.72. The molecule has 0 aromatic rings. The smallest absolute Gasteiger partial charge is 0.116 e. The van der Waals surface area contributed by atoms with Crippen LogP contribution in [-0.4, -0.2) is 12.2 Å². The number of rotatable bonds is 2. The van der Waals surface area contributed by atoms with Crippen LogP contribution in [0.2, 0.25) is 0 Å². The second-order valence-electron chi connectivity index (χ2n) is 4.46. The Kier molecular flexibility index (Phi) is 3.06. The summed E-state index contributed by atoms with van der Waals surface area (Å²) in [6.45, 7) is 9.59. The van der Waals surface area contributed by atoms with E-state index in [1.165, 1.54) is 0 Å². The average Bonchev–Trinajstić information content (AvgIpc) is 1.83. The van der Waals surface area contributed by atoms with Gasteiger partial charge in [-0.1, -0.05) is 27.7 Å². The second kappa shape index (κ2) is 3.10. The van der Waals surface area contributed by atoms with Gasteiger partial charge in [0.2, 0.25) is 0 Å². The third-order valence-electron chi connectivity index (χ3n) is 2.75. The standard InChI is InChI=1S/C9H20FN/c1-7(6-11)9(5,10)8(2,3)4/h7H,6,11H2,1-5H3. The molecule has 2 heteroatoms. The summed E-state index contributed by atoms with van der Waals surface area (Å²) < 4.78 is 13.9. The highest BCUT2D eigenvalue weighted by Crippen LogP contribution is 2.39. The number of halogens is 1. The topological polar surface area (TPSA) is 26.0 Å². The maximum absolute atomic E-state index is 13.9. The van der Waals surface area contributed by atoms with Crippen molar-refractivity contribution in [1.29, 1.82) is 0 Å². The van der Waals surface area contributed by atoms with E-state index in [1.54, 1.807) is 6.92 Å². The second-order valence-corrected chi connectivity index (χ2v) is 4.46. The largest absolute Gasteiger partial charge is 0.330 e. The van der Waals surface area contributed by atoms with Gasteiger partial charge in [0.25, 0.3) is 0 Å². The first kappa shape index (κ1) is 10.9. The van der Waals surface area contributed by atoms with Crippen molar-refractivity contribution < 1.29 is 4.39 Å². The van der Waals surface area contributed by atoms with E-state index in [1.807, 2.05) is 27.7 Å². The predicted molar refractivity (Wildman–Crippen MR) is 47.2 cm³/mol. The number of alkyl halides is 1. The number of nitrogens with two attached hydrogens (primary N) is 1. The van der Waals surface area contributed by atoms with Crippen molar-refractivity contribution in [2.75, 3.05) is 6.54 Å². The lowest BCUT2D eigenvalue weighted by Gasteiger charge is -2.38. The summed E-state index contributed by atoms with van der Waals surface area (Å²) in [5.74, 6) is -0.0810. The van der Waals surface area contributed by atoms with Crippen LogP contribution in [0.1, 0.15) is 34.6 Å². The summed E-state index contributed by atoms with van der Waals surface area (Å²) in [4.78, 5) is 0. The SMILES string of the molecule is CC(CN)C(C)(F)C(C)(C)C. The van der Waals surface area contributed by atoms with Crippen molar-refractivity contribution in [2.24, 2.45) is 17.1 Å². The van der Waals surface area contributed by atoms with E-state index < -0.39 is 5.67 Å². The molecule has 0 aliphatic rings. The van der Waals surface area contributed by atoms with Crippen molar-refractivity contribution in [1.82, 2.24) is 0 Å². The van der Waals surface area contributed by atoms with E-state index >= 15 is 0 Å². The summed E-state index contributed by atoms with van der Waals surface area (Å²) in [5, 5.41) is 0. The normalized spacial score (nSPS) is 21.0. The first-order valence-electron chi connectivity index (χ1n) is 4.12. The lowest BCUT2D eigenvalue weighted by molar-refractivity contribution is -0.000412. The fourth-order valence-corrected chi connectivity index (χ4v) is 0.961. The molecule has 0 aliphatic carbocycles. The zero-order chi connectivity index (χ0) is 9.28. The van der Waals surface area contributed by atoms with Crippen LogP contribution >= 0.6 is 0 Å². The van der Waals surface area contributed by atoms with Gasteiger partial charge in [-0.05, 0) is 18.9 Å². The minimum Gasteiger partial charge on any atom is -0.330 e. The van der Waals surface area contributed by atoms with Gasteiger partial charge in [-0.15, -0.1) is 0 Å². The molecule has 0 aliphatic heterocycles. The van der Waals surface area contributed by atoms with Crippen LogP contribution in [0.5, 0.6) is 0 Å². The minimum absolute atomic E-state index is 0.0810. The van der Waals surface area contributed by atoms with E-state index in [2.05, 4.69) is 0 Å².